The number of nitro groups is 2. The summed E-state index contributed by atoms with van der Waals surface area (Å²) in [6.07, 6.45) is 1.08. The highest BCUT2D eigenvalue weighted by Gasteiger charge is 2.21. The number of hydrogen-bond donors (Lipinski definition) is 3. The Labute approximate surface area is 185 Å². The van der Waals surface area contributed by atoms with Crippen molar-refractivity contribution in [3.05, 3.63) is 98.2 Å². The van der Waals surface area contributed by atoms with Gasteiger partial charge in [0.1, 0.15) is 5.69 Å². The van der Waals surface area contributed by atoms with E-state index in [1.54, 1.807) is 30.3 Å². The number of H-pyrrole nitrogens is 1. The summed E-state index contributed by atoms with van der Waals surface area (Å²) in [5.74, 6) is -1.22. The van der Waals surface area contributed by atoms with Gasteiger partial charge in [-0.3, -0.25) is 25.0 Å². The summed E-state index contributed by atoms with van der Waals surface area (Å²) in [7, 11) is 0. The van der Waals surface area contributed by atoms with Gasteiger partial charge in [0.05, 0.1) is 16.1 Å². The number of aromatic amines is 1. The Morgan fingerprint density at radius 2 is 1.76 bits per heavy atom. The SMILES string of the molecule is O=C(N/N=C/c1cccc([N+](=O)[O-])c1O)c1[nH]c2ccc([N+](=O)[O-])cc2c1-c1ccccc1. The number of nitrogens with zero attached hydrogens (tertiary/aromatic N) is 3. The fourth-order valence-corrected chi connectivity index (χ4v) is 3.38. The van der Waals surface area contributed by atoms with E-state index in [9.17, 15) is 30.1 Å². The Bertz CT molecular complexity index is 1430. The number of nitro benzene ring substituents is 2. The molecule has 11 heteroatoms. The Morgan fingerprint density at radius 3 is 2.45 bits per heavy atom. The molecule has 33 heavy (non-hydrogen) atoms. The number of nitrogens with one attached hydrogen (secondary N) is 2. The van der Waals surface area contributed by atoms with Crippen LogP contribution < -0.4 is 5.43 Å². The minimum absolute atomic E-state index is 0.0417. The van der Waals surface area contributed by atoms with Crippen LogP contribution in [0.5, 0.6) is 5.75 Å². The number of fused-ring (bicyclic) bond motifs is 1. The van der Waals surface area contributed by atoms with Crippen LogP contribution in [0.3, 0.4) is 0 Å². The van der Waals surface area contributed by atoms with E-state index in [1.165, 1.54) is 30.3 Å². The van der Waals surface area contributed by atoms with E-state index in [1.807, 2.05) is 0 Å². The molecule has 0 aliphatic heterocycles. The number of benzene rings is 3. The molecule has 0 bridgehead atoms. The van der Waals surface area contributed by atoms with Crippen LogP contribution in [0.1, 0.15) is 16.1 Å². The van der Waals surface area contributed by atoms with Gasteiger partial charge in [-0.2, -0.15) is 5.10 Å². The lowest BCUT2D eigenvalue weighted by Gasteiger charge is -2.04. The first kappa shape index (κ1) is 21.2. The fourth-order valence-electron chi connectivity index (χ4n) is 3.38. The van der Waals surface area contributed by atoms with Gasteiger partial charge in [0.25, 0.3) is 11.6 Å². The summed E-state index contributed by atoms with van der Waals surface area (Å²) in [6, 6.07) is 17.0. The zero-order valence-electron chi connectivity index (χ0n) is 16.8. The molecule has 4 aromatic rings. The molecule has 1 heterocycles. The van der Waals surface area contributed by atoms with Gasteiger partial charge < -0.3 is 10.1 Å². The number of aromatic hydroxyl groups is 1. The van der Waals surface area contributed by atoms with Crippen LogP contribution in [0, 0.1) is 20.2 Å². The zero-order chi connectivity index (χ0) is 23.5. The van der Waals surface area contributed by atoms with E-state index in [2.05, 4.69) is 15.5 Å². The predicted molar refractivity (Wildman–Crippen MR) is 120 cm³/mol. The number of hydrazone groups is 1. The Morgan fingerprint density at radius 1 is 1.00 bits per heavy atom. The lowest BCUT2D eigenvalue weighted by Crippen LogP contribution is -2.18. The van der Waals surface area contributed by atoms with Crippen molar-refractivity contribution in [2.24, 2.45) is 5.10 Å². The normalized spacial score (nSPS) is 11.0. The van der Waals surface area contributed by atoms with Gasteiger partial charge >= 0.3 is 5.69 Å². The quantitative estimate of drug-likeness (QED) is 0.229. The Kier molecular flexibility index (Phi) is 5.51. The molecule has 1 amide bonds. The molecule has 1 aromatic heterocycles. The maximum atomic E-state index is 12.9. The van der Waals surface area contributed by atoms with Crippen molar-refractivity contribution in [2.45, 2.75) is 0 Å². The second-order valence-electron chi connectivity index (χ2n) is 6.90. The van der Waals surface area contributed by atoms with Gasteiger partial charge in [-0.1, -0.05) is 36.4 Å². The van der Waals surface area contributed by atoms with E-state index in [0.29, 0.717) is 22.0 Å². The number of carbonyl (C=O) groups is 1. The highest BCUT2D eigenvalue weighted by atomic mass is 16.6. The lowest BCUT2D eigenvalue weighted by molar-refractivity contribution is -0.385. The summed E-state index contributed by atoms with van der Waals surface area (Å²) < 4.78 is 0. The zero-order valence-corrected chi connectivity index (χ0v) is 16.8. The molecule has 0 saturated heterocycles. The van der Waals surface area contributed by atoms with Crippen LogP contribution in [0.2, 0.25) is 0 Å². The summed E-state index contributed by atoms with van der Waals surface area (Å²) >= 11 is 0. The van der Waals surface area contributed by atoms with Crippen molar-refractivity contribution in [3.8, 4) is 16.9 Å². The fraction of sp³-hybridized carbons (Fsp3) is 0. The molecule has 0 atom stereocenters. The maximum absolute atomic E-state index is 12.9. The number of phenolic OH excluding ortho intramolecular Hbond substituents is 1. The summed E-state index contributed by atoms with van der Waals surface area (Å²) in [5, 5.41) is 36.5. The highest BCUT2D eigenvalue weighted by molar-refractivity contribution is 6.10. The van der Waals surface area contributed by atoms with Gasteiger partial charge in [-0.05, 0) is 17.7 Å². The standard InChI is InChI=1S/C22H15N5O6/c28-21-14(7-4-8-18(21)27(32)33)12-23-25-22(29)20-19(13-5-2-1-3-6-13)16-11-15(26(30)31)9-10-17(16)24-20/h1-12,24,28H,(H,25,29)/b23-12+. The summed E-state index contributed by atoms with van der Waals surface area (Å²) in [6.45, 7) is 0. The van der Waals surface area contributed by atoms with Crippen LogP contribution >= 0.6 is 0 Å². The van der Waals surface area contributed by atoms with Crippen molar-refractivity contribution < 1.29 is 19.7 Å². The summed E-state index contributed by atoms with van der Waals surface area (Å²) in [4.78, 5) is 36.8. The van der Waals surface area contributed by atoms with Crippen LogP contribution in [-0.2, 0) is 0 Å². The van der Waals surface area contributed by atoms with Crippen LogP contribution in [-0.4, -0.2) is 32.1 Å². The molecule has 164 valence electrons. The molecule has 4 rings (SSSR count). The van der Waals surface area contributed by atoms with E-state index in [0.717, 1.165) is 12.3 Å². The second kappa shape index (κ2) is 8.59. The summed E-state index contributed by atoms with van der Waals surface area (Å²) in [5.41, 5.74) is 3.51. The highest BCUT2D eigenvalue weighted by Crippen LogP contribution is 2.34. The molecule has 0 aliphatic rings. The average Bonchev–Trinajstić information content (AvgIpc) is 3.19. The van der Waals surface area contributed by atoms with Gasteiger partial charge in [-0.15, -0.1) is 0 Å². The Balaban J connectivity index is 1.71. The topological polar surface area (TPSA) is 164 Å². The van der Waals surface area contributed by atoms with Crippen molar-refractivity contribution >= 4 is 34.4 Å². The van der Waals surface area contributed by atoms with Crippen LogP contribution in [0.25, 0.3) is 22.0 Å². The number of rotatable bonds is 6. The van der Waals surface area contributed by atoms with E-state index in [4.69, 9.17) is 0 Å². The molecular weight excluding hydrogens is 430 g/mol. The smallest absolute Gasteiger partial charge is 0.311 e. The first-order valence-electron chi connectivity index (χ1n) is 9.52. The number of hydrogen-bond acceptors (Lipinski definition) is 7. The minimum atomic E-state index is -0.735. The number of aromatic nitrogens is 1. The average molecular weight is 445 g/mol. The molecule has 11 nitrogen and oxygen atoms in total. The number of amides is 1. The van der Waals surface area contributed by atoms with Gasteiger partial charge in [0.2, 0.25) is 5.75 Å². The monoisotopic (exact) mass is 445 g/mol. The predicted octanol–water partition coefficient (Wildman–Crippen LogP) is 4.12. The van der Waals surface area contributed by atoms with E-state index >= 15 is 0 Å². The molecule has 3 aromatic carbocycles. The third-order valence-electron chi connectivity index (χ3n) is 4.89. The van der Waals surface area contributed by atoms with Gasteiger partial charge in [0, 0.05) is 40.2 Å². The third kappa shape index (κ3) is 4.10. The molecule has 0 unspecified atom stereocenters. The first-order valence-corrected chi connectivity index (χ1v) is 9.52. The number of non-ortho nitro benzene ring substituents is 1. The first-order chi connectivity index (χ1) is 15.9. The molecular formula is C22H15N5O6. The van der Waals surface area contributed by atoms with E-state index in [-0.39, 0.29) is 16.9 Å². The van der Waals surface area contributed by atoms with Crippen molar-refractivity contribution in [2.75, 3.05) is 0 Å². The number of para-hydroxylation sites is 1. The third-order valence-corrected chi connectivity index (χ3v) is 4.89. The molecule has 0 radical (unpaired) electrons. The molecule has 0 saturated carbocycles. The molecule has 0 aliphatic carbocycles. The number of phenols is 1. The van der Waals surface area contributed by atoms with Crippen molar-refractivity contribution in [1.29, 1.82) is 0 Å². The van der Waals surface area contributed by atoms with Gasteiger partial charge in [0.15, 0.2) is 0 Å². The molecule has 0 fully saturated rings. The van der Waals surface area contributed by atoms with Gasteiger partial charge in [-0.25, -0.2) is 5.43 Å². The molecule has 0 spiro atoms. The van der Waals surface area contributed by atoms with Crippen molar-refractivity contribution in [3.63, 3.8) is 0 Å². The maximum Gasteiger partial charge on any atom is 0.311 e. The molecule has 3 N–H and O–H groups in total. The minimum Gasteiger partial charge on any atom is -0.502 e. The number of carbonyl (C=O) groups excluding carboxylic acids is 1. The van der Waals surface area contributed by atoms with Crippen molar-refractivity contribution in [1.82, 2.24) is 10.4 Å². The van der Waals surface area contributed by atoms with Crippen LogP contribution in [0.15, 0.2) is 71.8 Å². The lowest BCUT2D eigenvalue weighted by atomic mass is 10.0. The largest absolute Gasteiger partial charge is 0.502 e. The second-order valence-corrected chi connectivity index (χ2v) is 6.90. The van der Waals surface area contributed by atoms with E-state index < -0.39 is 27.2 Å². The van der Waals surface area contributed by atoms with Crippen LogP contribution in [0.4, 0.5) is 11.4 Å². The Hall–Kier alpha value is -5.06.